The number of nitrogens with zero attached hydrogens (tertiary/aromatic N) is 3. The highest BCUT2D eigenvalue weighted by atomic mass is 16.5. The normalized spacial score (nSPS) is 18.5. The van der Waals surface area contributed by atoms with E-state index in [0.717, 1.165) is 51.0 Å². The molecular weight excluding hydrogens is 268 g/mol. The third-order valence-electron chi connectivity index (χ3n) is 3.91. The summed E-state index contributed by atoms with van der Waals surface area (Å²) < 4.78 is 4.98. The second kappa shape index (κ2) is 7.43. The van der Waals surface area contributed by atoms with Gasteiger partial charge in [-0.15, -0.1) is 0 Å². The molecule has 0 radical (unpaired) electrons. The fourth-order valence-electron chi connectivity index (χ4n) is 2.71. The number of carbonyl (C=O) groups excluding carboxylic acids is 1. The number of hydrogen-bond acceptors (Lipinski definition) is 4. The molecule has 1 unspecified atom stereocenters. The Morgan fingerprint density at radius 2 is 2.33 bits per heavy atom. The molecular formula is C15H26N4O2. The van der Waals surface area contributed by atoms with Gasteiger partial charge in [-0.1, -0.05) is 19.0 Å². The van der Waals surface area contributed by atoms with Gasteiger partial charge in [-0.25, -0.2) is 4.79 Å². The van der Waals surface area contributed by atoms with Crippen molar-refractivity contribution >= 4 is 6.03 Å². The summed E-state index contributed by atoms with van der Waals surface area (Å²) in [5.41, 5.74) is 0. The van der Waals surface area contributed by atoms with Crippen molar-refractivity contribution in [1.29, 1.82) is 0 Å². The number of aromatic nitrogens is 2. The zero-order valence-electron chi connectivity index (χ0n) is 13.3. The van der Waals surface area contributed by atoms with Crippen LogP contribution in [0.2, 0.25) is 0 Å². The highest BCUT2D eigenvalue weighted by Gasteiger charge is 2.28. The molecule has 6 nitrogen and oxygen atoms in total. The molecule has 21 heavy (non-hydrogen) atoms. The van der Waals surface area contributed by atoms with E-state index in [1.165, 1.54) is 0 Å². The van der Waals surface area contributed by atoms with Gasteiger partial charge in [0.25, 0.3) is 0 Å². The Kier molecular flexibility index (Phi) is 5.59. The number of hydrogen-bond donors (Lipinski definition) is 1. The number of aryl methyl sites for hydroxylation is 2. The topological polar surface area (TPSA) is 71.3 Å². The minimum absolute atomic E-state index is 0.0717. The van der Waals surface area contributed by atoms with E-state index in [1.807, 2.05) is 4.90 Å². The van der Waals surface area contributed by atoms with Crippen molar-refractivity contribution in [2.45, 2.75) is 58.9 Å². The van der Waals surface area contributed by atoms with Gasteiger partial charge in [0.15, 0.2) is 5.82 Å². The van der Waals surface area contributed by atoms with Crippen LogP contribution in [0.25, 0.3) is 0 Å². The maximum Gasteiger partial charge on any atom is 0.317 e. The van der Waals surface area contributed by atoms with Crippen LogP contribution in [0.1, 0.15) is 51.2 Å². The first kappa shape index (κ1) is 15.8. The van der Waals surface area contributed by atoms with Gasteiger partial charge in [0, 0.05) is 32.5 Å². The number of amides is 2. The summed E-state index contributed by atoms with van der Waals surface area (Å²) in [5.74, 6) is 1.94. The van der Waals surface area contributed by atoms with E-state index in [2.05, 4.69) is 29.3 Å². The van der Waals surface area contributed by atoms with Crippen LogP contribution >= 0.6 is 0 Å². The van der Waals surface area contributed by atoms with Crippen LogP contribution in [0.15, 0.2) is 4.52 Å². The smallest absolute Gasteiger partial charge is 0.317 e. The second-order valence-electron chi connectivity index (χ2n) is 6.17. The van der Waals surface area contributed by atoms with E-state index in [4.69, 9.17) is 4.52 Å². The second-order valence-corrected chi connectivity index (χ2v) is 6.17. The Balaban J connectivity index is 1.78. The first-order valence-corrected chi connectivity index (χ1v) is 7.90. The molecule has 0 saturated carbocycles. The molecule has 0 bridgehead atoms. The van der Waals surface area contributed by atoms with E-state index in [1.54, 1.807) is 6.92 Å². The van der Waals surface area contributed by atoms with Crippen molar-refractivity contribution in [3.63, 3.8) is 0 Å². The largest absolute Gasteiger partial charge is 0.340 e. The zero-order chi connectivity index (χ0) is 15.2. The molecule has 1 atom stereocenters. The molecule has 1 saturated heterocycles. The predicted molar refractivity (Wildman–Crippen MR) is 79.9 cm³/mol. The lowest BCUT2D eigenvalue weighted by Crippen LogP contribution is -2.43. The Hall–Kier alpha value is -1.59. The van der Waals surface area contributed by atoms with Crippen LogP contribution in [0.3, 0.4) is 0 Å². The average Bonchev–Trinajstić information content (AvgIpc) is 3.04. The van der Waals surface area contributed by atoms with Gasteiger partial charge in [0.2, 0.25) is 5.89 Å². The fourth-order valence-corrected chi connectivity index (χ4v) is 2.71. The number of likely N-dealkylation sites (tertiary alicyclic amines) is 1. The predicted octanol–water partition coefficient (Wildman–Crippen LogP) is 2.53. The highest BCUT2D eigenvalue weighted by Crippen LogP contribution is 2.21. The van der Waals surface area contributed by atoms with Crippen LogP contribution in [0, 0.1) is 12.8 Å². The fraction of sp³-hybridized carbons (Fsp3) is 0.800. The van der Waals surface area contributed by atoms with Gasteiger partial charge >= 0.3 is 6.03 Å². The summed E-state index contributed by atoms with van der Waals surface area (Å²) in [6.45, 7) is 7.73. The summed E-state index contributed by atoms with van der Waals surface area (Å²) in [5, 5.41) is 6.94. The molecule has 6 heteroatoms. The Morgan fingerprint density at radius 1 is 1.52 bits per heavy atom. The van der Waals surface area contributed by atoms with Crippen molar-refractivity contribution in [2.24, 2.45) is 5.92 Å². The molecule has 1 aromatic heterocycles. The Bertz CT molecular complexity index is 458. The summed E-state index contributed by atoms with van der Waals surface area (Å²) in [4.78, 5) is 18.4. The van der Waals surface area contributed by atoms with Gasteiger partial charge in [0.1, 0.15) is 0 Å². The number of rotatable bonds is 6. The lowest BCUT2D eigenvalue weighted by Gasteiger charge is -2.25. The van der Waals surface area contributed by atoms with Crippen molar-refractivity contribution < 1.29 is 9.32 Å². The Labute approximate surface area is 126 Å². The number of urea groups is 1. The molecule has 1 N–H and O–H groups in total. The highest BCUT2D eigenvalue weighted by molar-refractivity contribution is 5.74. The summed E-state index contributed by atoms with van der Waals surface area (Å²) in [7, 11) is 0. The summed E-state index contributed by atoms with van der Waals surface area (Å²) >= 11 is 0. The van der Waals surface area contributed by atoms with Crippen LogP contribution in [-0.4, -0.2) is 40.2 Å². The van der Waals surface area contributed by atoms with Crippen LogP contribution in [0.4, 0.5) is 4.79 Å². The molecule has 2 amide bonds. The lowest BCUT2D eigenvalue weighted by atomic mass is 10.1. The molecule has 0 spiro atoms. The minimum Gasteiger partial charge on any atom is -0.340 e. The van der Waals surface area contributed by atoms with Crippen LogP contribution in [-0.2, 0) is 6.42 Å². The van der Waals surface area contributed by atoms with E-state index >= 15 is 0 Å². The van der Waals surface area contributed by atoms with E-state index in [-0.39, 0.29) is 6.03 Å². The Morgan fingerprint density at radius 3 is 3.00 bits per heavy atom. The van der Waals surface area contributed by atoms with Crippen molar-refractivity contribution in [1.82, 2.24) is 20.4 Å². The molecule has 1 aliphatic heterocycles. The van der Waals surface area contributed by atoms with Gasteiger partial charge < -0.3 is 14.7 Å². The average molecular weight is 294 g/mol. The quantitative estimate of drug-likeness (QED) is 0.875. The zero-order valence-corrected chi connectivity index (χ0v) is 13.3. The van der Waals surface area contributed by atoms with Crippen LogP contribution in [0.5, 0.6) is 0 Å². The minimum atomic E-state index is 0.0717. The lowest BCUT2D eigenvalue weighted by molar-refractivity contribution is 0.189. The molecule has 1 aliphatic rings. The molecule has 2 heterocycles. The van der Waals surface area contributed by atoms with Crippen molar-refractivity contribution in [2.75, 3.05) is 13.1 Å². The van der Waals surface area contributed by atoms with Gasteiger partial charge in [0.05, 0.1) is 0 Å². The summed E-state index contributed by atoms with van der Waals surface area (Å²) in [6, 6.07) is 0.366. The molecule has 0 aromatic carbocycles. The van der Waals surface area contributed by atoms with E-state index in [0.29, 0.717) is 17.9 Å². The standard InChI is InChI=1S/C15H26N4O2/c1-11(2)8-9-16-15(20)19-10-4-5-13(19)6-7-14-17-12(3)21-18-14/h11,13H,4-10H2,1-3H3,(H,16,20). The maximum absolute atomic E-state index is 12.2. The third kappa shape index (κ3) is 4.72. The SMILES string of the molecule is Cc1nc(CCC2CCCN2C(=O)NCCC(C)C)no1. The first-order valence-electron chi connectivity index (χ1n) is 7.90. The monoisotopic (exact) mass is 294 g/mol. The first-order chi connectivity index (χ1) is 10.1. The maximum atomic E-state index is 12.2. The van der Waals surface area contributed by atoms with Crippen molar-refractivity contribution in [3.05, 3.63) is 11.7 Å². The molecule has 0 aliphatic carbocycles. The van der Waals surface area contributed by atoms with Gasteiger partial charge in [-0.3, -0.25) is 0 Å². The molecule has 118 valence electrons. The molecule has 1 aromatic rings. The number of carbonyl (C=O) groups is 1. The van der Waals surface area contributed by atoms with E-state index in [9.17, 15) is 4.79 Å². The molecule has 2 rings (SSSR count). The third-order valence-corrected chi connectivity index (χ3v) is 3.91. The number of nitrogens with one attached hydrogen (secondary N) is 1. The molecule has 1 fully saturated rings. The van der Waals surface area contributed by atoms with Crippen molar-refractivity contribution in [3.8, 4) is 0 Å². The summed E-state index contributed by atoms with van der Waals surface area (Å²) in [6.07, 6.45) is 4.82. The van der Waals surface area contributed by atoms with Gasteiger partial charge in [-0.05, 0) is 31.6 Å². The van der Waals surface area contributed by atoms with E-state index < -0.39 is 0 Å². The van der Waals surface area contributed by atoms with Crippen LogP contribution < -0.4 is 5.32 Å². The van der Waals surface area contributed by atoms with Gasteiger partial charge in [-0.2, -0.15) is 4.98 Å².